The Kier molecular flexibility index (Phi) is 6.25. The molecule has 0 aliphatic carbocycles. The van der Waals surface area contributed by atoms with E-state index in [2.05, 4.69) is 44.1 Å². The molecule has 19 heavy (non-hydrogen) atoms. The molecule has 1 fully saturated rings. The number of hydrogen-bond donors (Lipinski definition) is 1. The number of nitrogens with one attached hydrogen (secondary N) is 1. The maximum Gasteiger partial charge on any atom is 0.105 e. The molecule has 0 radical (unpaired) electrons. The van der Waals surface area contributed by atoms with Crippen molar-refractivity contribution < 1.29 is 4.74 Å². The van der Waals surface area contributed by atoms with Gasteiger partial charge in [0.25, 0.3) is 0 Å². The van der Waals surface area contributed by atoms with E-state index in [-0.39, 0.29) is 0 Å². The number of hydrogen-bond acceptors (Lipinski definition) is 4. The normalized spacial score (nSPS) is 22.2. The van der Waals surface area contributed by atoms with Crippen molar-refractivity contribution in [1.29, 1.82) is 5.26 Å². The molecule has 0 amide bonds. The van der Waals surface area contributed by atoms with Gasteiger partial charge in [0, 0.05) is 31.3 Å². The van der Waals surface area contributed by atoms with E-state index in [4.69, 9.17) is 4.74 Å². The van der Waals surface area contributed by atoms with Crippen LogP contribution in [0.2, 0.25) is 0 Å². The fourth-order valence-electron chi connectivity index (χ4n) is 2.96. The minimum Gasteiger partial charge on any atom is -0.381 e. The number of ether oxygens (including phenoxy) is 1. The molecule has 2 atom stereocenters. The second kappa shape index (κ2) is 7.23. The summed E-state index contributed by atoms with van der Waals surface area (Å²) in [6, 6.07) is 3.74. The van der Waals surface area contributed by atoms with Gasteiger partial charge in [0.15, 0.2) is 0 Å². The minimum absolute atomic E-state index is 0.324. The summed E-state index contributed by atoms with van der Waals surface area (Å²) in [4.78, 5) is 2.42. The SMILES string of the molecule is CC(C)NC(C)(C#N)CC(C)N(C)C1CCOCC1. The van der Waals surface area contributed by atoms with Crippen LogP contribution >= 0.6 is 0 Å². The molecule has 110 valence electrons. The molecule has 4 nitrogen and oxygen atoms in total. The summed E-state index contributed by atoms with van der Waals surface area (Å²) in [6.45, 7) is 10.1. The summed E-state index contributed by atoms with van der Waals surface area (Å²) in [5, 5.41) is 12.8. The molecular formula is C15H29N3O. The van der Waals surface area contributed by atoms with Gasteiger partial charge in [-0.3, -0.25) is 5.32 Å². The van der Waals surface area contributed by atoms with E-state index in [0.717, 1.165) is 32.5 Å². The van der Waals surface area contributed by atoms with Crippen LogP contribution in [-0.2, 0) is 4.74 Å². The summed E-state index contributed by atoms with van der Waals surface area (Å²) < 4.78 is 5.41. The Morgan fingerprint density at radius 3 is 2.42 bits per heavy atom. The summed E-state index contributed by atoms with van der Waals surface area (Å²) in [7, 11) is 2.17. The van der Waals surface area contributed by atoms with E-state index in [0.29, 0.717) is 18.1 Å². The Hall–Kier alpha value is -0.630. The highest BCUT2D eigenvalue weighted by Crippen LogP contribution is 2.21. The van der Waals surface area contributed by atoms with Gasteiger partial charge in [0.2, 0.25) is 0 Å². The van der Waals surface area contributed by atoms with Crippen LogP contribution in [0, 0.1) is 11.3 Å². The van der Waals surface area contributed by atoms with Crippen molar-refractivity contribution in [3.63, 3.8) is 0 Å². The maximum atomic E-state index is 9.42. The summed E-state index contributed by atoms with van der Waals surface area (Å²) in [5.74, 6) is 0. The third kappa shape index (κ3) is 5.10. The van der Waals surface area contributed by atoms with Crippen molar-refractivity contribution in [3.8, 4) is 6.07 Å². The smallest absolute Gasteiger partial charge is 0.105 e. The van der Waals surface area contributed by atoms with E-state index in [1.54, 1.807) is 0 Å². The van der Waals surface area contributed by atoms with Crippen LogP contribution in [0.25, 0.3) is 0 Å². The zero-order chi connectivity index (χ0) is 14.5. The van der Waals surface area contributed by atoms with Crippen molar-refractivity contribution >= 4 is 0 Å². The topological polar surface area (TPSA) is 48.3 Å². The zero-order valence-corrected chi connectivity index (χ0v) is 13.1. The molecule has 0 aromatic heterocycles. The number of nitriles is 1. The Labute approximate surface area is 118 Å². The van der Waals surface area contributed by atoms with Crippen molar-refractivity contribution in [2.45, 2.75) is 70.6 Å². The number of rotatable bonds is 6. The molecule has 1 N–H and O–H groups in total. The molecule has 2 unspecified atom stereocenters. The molecule has 0 saturated carbocycles. The largest absolute Gasteiger partial charge is 0.381 e. The zero-order valence-electron chi connectivity index (χ0n) is 13.1. The van der Waals surface area contributed by atoms with Gasteiger partial charge in [-0.1, -0.05) is 0 Å². The predicted molar refractivity (Wildman–Crippen MR) is 78.0 cm³/mol. The van der Waals surface area contributed by atoms with Gasteiger partial charge in [0.05, 0.1) is 6.07 Å². The van der Waals surface area contributed by atoms with Crippen LogP contribution in [0.3, 0.4) is 0 Å². The molecule has 0 spiro atoms. The summed E-state index contributed by atoms with van der Waals surface area (Å²) in [5.41, 5.74) is -0.451. The fraction of sp³-hybridized carbons (Fsp3) is 0.933. The standard InChI is InChI=1S/C15H29N3O/c1-12(2)17-15(4,11-16)10-13(3)18(5)14-6-8-19-9-7-14/h12-14,17H,6-10H2,1-5H3. The molecule has 0 aromatic carbocycles. The molecule has 1 rings (SSSR count). The monoisotopic (exact) mass is 267 g/mol. The third-order valence-corrected chi connectivity index (χ3v) is 4.02. The first-order valence-electron chi connectivity index (χ1n) is 7.36. The molecular weight excluding hydrogens is 238 g/mol. The molecule has 1 aliphatic rings. The van der Waals surface area contributed by atoms with Crippen molar-refractivity contribution in [1.82, 2.24) is 10.2 Å². The second-order valence-corrected chi connectivity index (χ2v) is 6.31. The maximum absolute atomic E-state index is 9.42. The first kappa shape index (κ1) is 16.4. The van der Waals surface area contributed by atoms with Gasteiger partial charge in [-0.05, 0) is 54.0 Å². The van der Waals surface area contributed by atoms with Crippen molar-refractivity contribution in [2.24, 2.45) is 0 Å². The predicted octanol–water partition coefficient (Wildman–Crippen LogP) is 2.16. The number of nitrogens with zero attached hydrogens (tertiary/aromatic N) is 2. The van der Waals surface area contributed by atoms with E-state index >= 15 is 0 Å². The van der Waals surface area contributed by atoms with Crippen LogP contribution in [0.15, 0.2) is 0 Å². The second-order valence-electron chi connectivity index (χ2n) is 6.31. The van der Waals surface area contributed by atoms with E-state index in [1.165, 1.54) is 0 Å². The Morgan fingerprint density at radius 1 is 1.37 bits per heavy atom. The van der Waals surface area contributed by atoms with Gasteiger partial charge in [-0.2, -0.15) is 5.26 Å². The molecule has 1 heterocycles. The lowest BCUT2D eigenvalue weighted by Crippen LogP contribution is -2.51. The van der Waals surface area contributed by atoms with Crippen LogP contribution in [0.4, 0.5) is 0 Å². The molecule has 0 aromatic rings. The van der Waals surface area contributed by atoms with E-state index in [1.807, 2.05) is 6.92 Å². The first-order valence-corrected chi connectivity index (χ1v) is 7.36. The lowest BCUT2D eigenvalue weighted by atomic mass is 9.92. The van der Waals surface area contributed by atoms with Crippen molar-refractivity contribution in [3.05, 3.63) is 0 Å². The van der Waals surface area contributed by atoms with Gasteiger partial charge >= 0.3 is 0 Å². The van der Waals surface area contributed by atoms with Gasteiger partial charge in [-0.15, -0.1) is 0 Å². The van der Waals surface area contributed by atoms with Crippen LogP contribution < -0.4 is 5.32 Å². The highest BCUT2D eigenvalue weighted by molar-refractivity contribution is 5.06. The molecule has 1 aliphatic heterocycles. The van der Waals surface area contributed by atoms with Crippen LogP contribution in [0.5, 0.6) is 0 Å². The van der Waals surface area contributed by atoms with E-state index in [9.17, 15) is 5.26 Å². The summed E-state index contributed by atoms with van der Waals surface area (Å²) in [6.07, 6.45) is 3.04. The molecule has 0 bridgehead atoms. The average molecular weight is 267 g/mol. The highest BCUT2D eigenvalue weighted by atomic mass is 16.5. The minimum atomic E-state index is -0.451. The lowest BCUT2D eigenvalue weighted by molar-refractivity contribution is 0.0270. The van der Waals surface area contributed by atoms with Crippen molar-refractivity contribution in [2.75, 3.05) is 20.3 Å². The van der Waals surface area contributed by atoms with Gasteiger partial charge in [-0.25, -0.2) is 0 Å². The third-order valence-electron chi connectivity index (χ3n) is 4.02. The first-order chi connectivity index (χ1) is 8.88. The van der Waals surface area contributed by atoms with E-state index < -0.39 is 5.54 Å². The highest BCUT2D eigenvalue weighted by Gasteiger charge is 2.30. The summed E-state index contributed by atoms with van der Waals surface area (Å²) >= 11 is 0. The average Bonchev–Trinajstić information content (AvgIpc) is 2.37. The van der Waals surface area contributed by atoms with Crippen LogP contribution in [-0.4, -0.2) is 48.8 Å². The molecule has 1 saturated heterocycles. The quantitative estimate of drug-likeness (QED) is 0.801. The van der Waals surface area contributed by atoms with Crippen LogP contribution in [0.1, 0.15) is 47.0 Å². The van der Waals surface area contributed by atoms with Gasteiger partial charge < -0.3 is 9.64 Å². The lowest BCUT2D eigenvalue weighted by Gasteiger charge is -2.38. The fourth-order valence-corrected chi connectivity index (χ4v) is 2.96. The van der Waals surface area contributed by atoms with Gasteiger partial charge in [0.1, 0.15) is 5.54 Å². The Morgan fingerprint density at radius 2 is 1.95 bits per heavy atom. The Bertz CT molecular complexity index is 307. The molecule has 4 heteroatoms. The Balaban J connectivity index is 2.56.